The number of ether oxygens (including phenoxy) is 2. The standard InChI is InChI=1S/C21H18F3N3O5/c1-2-11-27-19(29)16-6-4-3-5-15(16)18(26-27)20(30)31-12-17(28)25-13-7-9-14(10-8-13)32-21(22,23)24/h3-10H,2,11-12H2,1H3,(H,25,28). The van der Waals surface area contributed by atoms with Crippen molar-refractivity contribution < 1.29 is 32.2 Å². The van der Waals surface area contributed by atoms with Crippen molar-refractivity contribution in [2.45, 2.75) is 26.3 Å². The van der Waals surface area contributed by atoms with Crippen LogP contribution in [0.25, 0.3) is 10.8 Å². The molecule has 0 aliphatic carbocycles. The van der Waals surface area contributed by atoms with Gasteiger partial charge in [-0.15, -0.1) is 13.2 Å². The zero-order valence-corrected chi connectivity index (χ0v) is 16.8. The molecule has 0 saturated carbocycles. The lowest BCUT2D eigenvalue weighted by Gasteiger charge is -2.11. The highest BCUT2D eigenvalue weighted by atomic mass is 19.4. The number of nitrogens with zero attached hydrogens (tertiary/aromatic N) is 2. The Morgan fingerprint density at radius 3 is 2.34 bits per heavy atom. The minimum Gasteiger partial charge on any atom is -0.451 e. The highest BCUT2D eigenvalue weighted by molar-refractivity contribution is 6.03. The molecule has 1 amide bonds. The van der Waals surface area contributed by atoms with E-state index in [9.17, 15) is 27.6 Å². The summed E-state index contributed by atoms with van der Waals surface area (Å²) in [6.45, 7) is 1.49. The molecule has 8 nitrogen and oxygen atoms in total. The van der Waals surface area contributed by atoms with Gasteiger partial charge in [0.2, 0.25) is 0 Å². The first kappa shape index (κ1) is 22.8. The number of esters is 1. The first-order chi connectivity index (χ1) is 15.2. The number of aryl methyl sites for hydroxylation is 1. The zero-order chi connectivity index (χ0) is 23.3. The van der Waals surface area contributed by atoms with Crippen LogP contribution >= 0.6 is 0 Å². The number of aromatic nitrogens is 2. The van der Waals surface area contributed by atoms with E-state index in [4.69, 9.17) is 4.74 Å². The Kier molecular flexibility index (Phi) is 6.76. The quantitative estimate of drug-likeness (QED) is 0.555. The number of amides is 1. The maximum absolute atomic E-state index is 12.6. The number of halogens is 3. The van der Waals surface area contributed by atoms with Crippen LogP contribution in [0.3, 0.4) is 0 Å². The van der Waals surface area contributed by atoms with Crippen LogP contribution in [0.4, 0.5) is 18.9 Å². The molecule has 0 saturated heterocycles. The third kappa shape index (κ3) is 5.62. The molecule has 0 aliphatic rings. The van der Waals surface area contributed by atoms with E-state index in [-0.39, 0.29) is 16.9 Å². The number of hydrogen-bond acceptors (Lipinski definition) is 6. The second-order valence-corrected chi connectivity index (χ2v) is 6.62. The fourth-order valence-corrected chi connectivity index (χ4v) is 2.89. The van der Waals surface area contributed by atoms with Crippen LogP contribution in [0, 0.1) is 0 Å². The molecule has 0 fully saturated rings. The SMILES string of the molecule is CCCn1nc(C(=O)OCC(=O)Nc2ccc(OC(F)(F)F)cc2)c2ccccc2c1=O. The lowest BCUT2D eigenvalue weighted by atomic mass is 10.1. The highest BCUT2D eigenvalue weighted by Crippen LogP contribution is 2.24. The molecule has 168 valence electrons. The van der Waals surface area contributed by atoms with Gasteiger partial charge in [-0.1, -0.05) is 25.1 Å². The van der Waals surface area contributed by atoms with Crippen LogP contribution in [0.15, 0.2) is 53.3 Å². The van der Waals surface area contributed by atoms with E-state index in [1.807, 2.05) is 6.92 Å². The van der Waals surface area contributed by atoms with Gasteiger partial charge in [0.1, 0.15) is 5.75 Å². The normalized spacial score (nSPS) is 11.2. The van der Waals surface area contributed by atoms with Crippen molar-refractivity contribution in [2.75, 3.05) is 11.9 Å². The van der Waals surface area contributed by atoms with E-state index >= 15 is 0 Å². The summed E-state index contributed by atoms with van der Waals surface area (Å²) in [5.74, 6) is -2.05. The Morgan fingerprint density at radius 1 is 1.06 bits per heavy atom. The Balaban J connectivity index is 1.68. The summed E-state index contributed by atoms with van der Waals surface area (Å²) in [7, 11) is 0. The van der Waals surface area contributed by atoms with Crippen LogP contribution in [-0.2, 0) is 16.1 Å². The van der Waals surface area contributed by atoms with Crippen molar-refractivity contribution in [3.05, 3.63) is 64.6 Å². The molecular weight excluding hydrogens is 431 g/mol. The molecule has 0 unspecified atom stereocenters. The van der Waals surface area contributed by atoms with Crippen molar-refractivity contribution in [1.82, 2.24) is 9.78 Å². The van der Waals surface area contributed by atoms with Gasteiger partial charge in [-0.2, -0.15) is 5.10 Å². The summed E-state index contributed by atoms with van der Waals surface area (Å²) in [4.78, 5) is 37.1. The number of anilines is 1. The minimum atomic E-state index is -4.82. The molecule has 32 heavy (non-hydrogen) atoms. The monoisotopic (exact) mass is 449 g/mol. The molecule has 0 spiro atoms. The topological polar surface area (TPSA) is 99.5 Å². The molecule has 2 aromatic carbocycles. The van der Waals surface area contributed by atoms with E-state index in [0.29, 0.717) is 23.7 Å². The average molecular weight is 449 g/mol. The first-order valence-corrected chi connectivity index (χ1v) is 9.50. The van der Waals surface area contributed by atoms with Crippen molar-refractivity contribution >= 4 is 28.3 Å². The average Bonchev–Trinajstić information content (AvgIpc) is 2.74. The molecule has 11 heteroatoms. The molecule has 1 heterocycles. The van der Waals surface area contributed by atoms with Crippen LogP contribution in [0.5, 0.6) is 5.75 Å². The number of hydrogen-bond donors (Lipinski definition) is 1. The molecule has 0 aliphatic heterocycles. The van der Waals surface area contributed by atoms with Gasteiger partial charge in [0, 0.05) is 17.6 Å². The molecular formula is C21H18F3N3O5. The molecule has 1 aromatic heterocycles. The van der Waals surface area contributed by atoms with Crippen molar-refractivity contribution in [3.63, 3.8) is 0 Å². The van der Waals surface area contributed by atoms with Gasteiger partial charge in [0.05, 0.1) is 5.39 Å². The van der Waals surface area contributed by atoms with Crippen LogP contribution in [-0.4, -0.2) is 34.6 Å². The molecule has 0 radical (unpaired) electrons. The van der Waals surface area contributed by atoms with Gasteiger partial charge in [-0.05, 0) is 36.8 Å². The maximum Gasteiger partial charge on any atom is 0.573 e. The Morgan fingerprint density at radius 2 is 1.72 bits per heavy atom. The lowest BCUT2D eigenvalue weighted by Crippen LogP contribution is -2.27. The van der Waals surface area contributed by atoms with Gasteiger partial charge in [-0.3, -0.25) is 9.59 Å². The smallest absolute Gasteiger partial charge is 0.451 e. The first-order valence-electron chi connectivity index (χ1n) is 9.50. The fourth-order valence-electron chi connectivity index (χ4n) is 2.89. The summed E-state index contributed by atoms with van der Waals surface area (Å²) < 4.78 is 46.5. The van der Waals surface area contributed by atoms with Gasteiger partial charge in [-0.25, -0.2) is 9.48 Å². The Labute approximate surface area is 179 Å². The van der Waals surface area contributed by atoms with Gasteiger partial charge in [0.25, 0.3) is 11.5 Å². The summed E-state index contributed by atoms with van der Waals surface area (Å²) >= 11 is 0. The predicted octanol–water partition coefficient (Wildman–Crippen LogP) is 3.50. The molecule has 3 rings (SSSR count). The van der Waals surface area contributed by atoms with Gasteiger partial charge >= 0.3 is 12.3 Å². The number of carbonyl (C=O) groups is 2. The number of alkyl halides is 3. The summed E-state index contributed by atoms with van der Waals surface area (Å²) in [6.07, 6.45) is -4.20. The van der Waals surface area contributed by atoms with Crippen LogP contribution < -0.4 is 15.6 Å². The number of carbonyl (C=O) groups excluding carboxylic acids is 2. The largest absolute Gasteiger partial charge is 0.573 e. The predicted molar refractivity (Wildman–Crippen MR) is 108 cm³/mol. The number of benzene rings is 2. The summed E-state index contributed by atoms with van der Waals surface area (Å²) in [5, 5.41) is 7.07. The number of fused-ring (bicyclic) bond motifs is 1. The van der Waals surface area contributed by atoms with E-state index in [1.165, 1.54) is 16.8 Å². The summed E-state index contributed by atoms with van der Waals surface area (Å²) in [5.41, 5.74) is -0.259. The molecule has 3 aromatic rings. The van der Waals surface area contributed by atoms with E-state index in [2.05, 4.69) is 15.2 Å². The van der Waals surface area contributed by atoms with Crippen molar-refractivity contribution in [2.24, 2.45) is 0 Å². The van der Waals surface area contributed by atoms with E-state index in [0.717, 1.165) is 12.1 Å². The minimum absolute atomic E-state index is 0.102. The molecule has 0 bridgehead atoms. The fraction of sp³-hybridized carbons (Fsp3) is 0.238. The second kappa shape index (κ2) is 9.50. The third-order valence-corrected chi connectivity index (χ3v) is 4.20. The molecule has 0 atom stereocenters. The van der Waals surface area contributed by atoms with Crippen LogP contribution in [0.2, 0.25) is 0 Å². The number of rotatable bonds is 7. The van der Waals surface area contributed by atoms with Crippen molar-refractivity contribution in [3.8, 4) is 5.75 Å². The lowest BCUT2D eigenvalue weighted by molar-refractivity contribution is -0.274. The Bertz CT molecular complexity index is 1190. The van der Waals surface area contributed by atoms with Crippen molar-refractivity contribution in [1.29, 1.82) is 0 Å². The third-order valence-electron chi connectivity index (χ3n) is 4.20. The van der Waals surface area contributed by atoms with Gasteiger partial charge < -0.3 is 14.8 Å². The highest BCUT2D eigenvalue weighted by Gasteiger charge is 2.31. The zero-order valence-electron chi connectivity index (χ0n) is 16.8. The summed E-state index contributed by atoms with van der Waals surface area (Å²) in [6, 6.07) is 10.9. The van der Waals surface area contributed by atoms with Crippen LogP contribution in [0.1, 0.15) is 23.8 Å². The number of nitrogens with one attached hydrogen (secondary N) is 1. The Hall–Kier alpha value is -3.89. The van der Waals surface area contributed by atoms with E-state index in [1.54, 1.807) is 24.3 Å². The van der Waals surface area contributed by atoms with E-state index < -0.39 is 30.6 Å². The second-order valence-electron chi connectivity index (χ2n) is 6.62. The van der Waals surface area contributed by atoms with Gasteiger partial charge in [0.15, 0.2) is 12.3 Å². The maximum atomic E-state index is 12.6. The molecule has 1 N–H and O–H groups in total.